The molecule has 0 amide bonds. The van der Waals surface area contributed by atoms with Crippen LogP contribution in [0.3, 0.4) is 0 Å². The van der Waals surface area contributed by atoms with Crippen LogP contribution in [-0.4, -0.2) is 63.3 Å². The fourth-order valence-corrected chi connectivity index (χ4v) is 6.15. The molecule has 0 aliphatic carbocycles. The minimum absolute atomic E-state index is 0.0625. The zero-order valence-corrected chi connectivity index (χ0v) is 23.8. The molecule has 3 fully saturated rings. The second-order valence-electron chi connectivity index (χ2n) is 10.3. The van der Waals surface area contributed by atoms with Gasteiger partial charge < -0.3 is 19.7 Å². The van der Waals surface area contributed by atoms with Gasteiger partial charge in [-0.2, -0.15) is 0 Å². The van der Waals surface area contributed by atoms with Crippen LogP contribution in [0.25, 0.3) is 0 Å². The fraction of sp³-hybridized carbons (Fsp3) is 0.800. The van der Waals surface area contributed by atoms with Crippen LogP contribution >= 0.6 is 0 Å². The van der Waals surface area contributed by atoms with E-state index in [9.17, 15) is 0 Å². The highest BCUT2D eigenvalue weighted by atomic mass is 16.5. The average molecular weight is 490 g/mol. The Labute approximate surface area is 216 Å². The summed E-state index contributed by atoms with van der Waals surface area (Å²) in [4.78, 5) is 4.89. The Hall–Kier alpha value is -1.14. The van der Waals surface area contributed by atoms with Crippen LogP contribution in [0.1, 0.15) is 91.9 Å². The number of benzene rings is 1. The minimum atomic E-state index is -0.158. The molecule has 3 unspecified atom stereocenters. The second kappa shape index (κ2) is 15.9. The molecule has 3 atom stereocenters. The molecule has 35 heavy (non-hydrogen) atoms. The number of nitrogens with one attached hydrogen (secondary N) is 1. The highest BCUT2D eigenvalue weighted by Crippen LogP contribution is 2.39. The number of methoxy groups -OCH3 is 2. The van der Waals surface area contributed by atoms with Gasteiger partial charge in [0.2, 0.25) is 0 Å². The van der Waals surface area contributed by atoms with Gasteiger partial charge in [-0.15, -0.1) is 0 Å². The molecule has 5 heteroatoms. The number of piperidine rings is 3. The van der Waals surface area contributed by atoms with Crippen LogP contribution in [0.2, 0.25) is 0 Å². The second-order valence-corrected chi connectivity index (χ2v) is 10.3. The highest BCUT2D eigenvalue weighted by molar-refractivity contribution is 5.48. The summed E-state index contributed by atoms with van der Waals surface area (Å²) in [5.74, 6) is 0.612. The third kappa shape index (κ3) is 8.18. The first-order valence-corrected chi connectivity index (χ1v) is 14.4. The Morgan fingerprint density at radius 2 is 1.60 bits per heavy atom. The Balaban J connectivity index is 0.000000207. The summed E-state index contributed by atoms with van der Waals surface area (Å²) in [5, 5.41) is 3.28. The van der Waals surface area contributed by atoms with E-state index in [4.69, 9.17) is 9.47 Å². The third-order valence-electron chi connectivity index (χ3n) is 8.54. The lowest BCUT2D eigenvalue weighted by molar-refractivity contribution is -0.157. The lowest BCUT2D eigenvalue weighted by Crippen LogP contribution is -2.56. The molecule has 0 spiro atoms. The lowest BCUT2D eigenvalue weighted by Gasteiger charge is -2.50. The average Bonchev–Trinajstić information content (AvgIpc) is 2.95. The molecule has 202 valence electrons. The molecular weight excluding hydrogens is 434 g/mol. The Kier molecular flexibility index (Phi) is 13.6. The van der Waals surface area contributed by atoms with E-state index in [2.05, 4.69) is 73.1 Å². The number of ether oxygens (including phenoxy) is 2. The quantitative estimate of drug-likeness (QED) is 0.482. The molecule has 3 aliphatic rings. The number of para-hydroxylation sites is 1. The number of hydrogen-bond donors (Lipinski definition) is 1. The van der Waals surface area contributed by atoms with Crippen molar-refractivity contribution in [3.63, 3.8) is 0 Å². The standard InChI is InChI=1S/C15H23NO.C10H21NO.C5H11N/c1-4-13-9-8-12-16(15(13,2)17-3)14-10-6-5-7-11-14;1-4-10(12-3)8-6-7-9-11(10)5-2;1-2-4-6-5-3-1/h5-7,10-11,13H,4,8-9,12H2,1-3H3;4-9H2,1-3H3;6H,1-5H2. The zero-order chi connectivity index (χ0) is 25.6. The van der Waals surface area contributed by atoms with Crippen LogP contribution in [0.15, 0.2) is 30.3 Å². The molecule has 3 heterocycles. The molecule has 1 aromatic rings. The largest absolute Gasteiger partial charge is 0.364 e. The number of hydrogen-bond acceptors (Lipinski definition) is 5. The van der Waals surface area contributed by atoms with Crippen molar-refractivity contribution in [1.29, 1.82) is 0 Å². The van der Waals surface area contributed by atoms with Gasteiger partial charge in [0.05, 0.1) is 0 Å². The summed E-state index contributed by atoms with van der Waals surface area (Å²) in [6.07, 6.45) is 12.9. The summed E-state index contributed by atoms with van der Waals surface area (Å²) in [6, 6.07) is 10.6. The van der Waals surface area contributed by atoms with Crippen molar-refractivity contribution in [2.24, 2.45) is 5.92 Å². The fourth-order valence-electron chi connectivity index (χ4n) is 6.15. The molecule has 0 radical (unpaired) electrons. The van der Waals surface area contributed by atoms with E-state index >= 15 is 0 Å². The molecule has 1 aromatic carbocycles. The Morgan fingerprint density at radius 1 is 0.886 bits per heavy atom. The number of anilines is 1. The summed E-state index contributed by atoms with van der Waals surface area (Å²) in [5.41, 5.74) is 1.18. The topological polar surface area (TPSA) is 37.0 Å². The van der Waals surface area contributed by atoms with E-state index in [1.807, 2.05) is 14.2 Å². The van der Waals surface area contributed by atoms with Gasteiger partial charge in [0.25, 0.3) is 0 Å². The first-order valence-electron chi connectivity index (χ1n) is 14.4. The van der Waals surface area contributed by atoms with Crippen molar-refractivity contribution >= 4 is 5.69 Å². The predicted octanol–water partition coefficient (Wildman–Crippen LogP) is 6.68. The summed E-state index contributed by atoms with van der Waals surface area (Å²) in [7, 11) is 3.68. The predicted molar refractivity (Wildman–Crippen MR) is 150 cm³/mol. The molecule has 0 aromatic heterocycles. The molecule has 1 N–H and O–H groups in total. The summed E-state index contributed by atoms with van der Waals surface area (Å²) in [6.45, 7) is 14.8. The molecule has 3 aliphatic heterocycles. The highest BCUT2D eigenvalue weighted by Gasteiger charge is 2.41. The van der Waals surface area contributed by atoms with Crippen molar-refractivity contribution in [1.82, 2.24) is 10.2 Å². The molecule has 0 saturated carbocycles. The van der Waals surface area contributed by atoms with Gasteiger partial charge in [-0.1, -0.05) is 45.4 Å². The summed E-state index contributed by atoms with van der Waals surface area (Å²) >= 11 is 0. The molecule has 5 nitrogen and oxygen atoms in total. The first kappa shape index (κ1) is 30.1. The Morgan fingerprint density at radius 3 is 2.06 bits per heavy atom. The van der Waals surface area contributed by atoms with Gasteiger partial charge in [0, 0.05) is 38.9 Å². The van der Waals surface area contributed by atoms with Gasteiger partial charge in [-0.25, -0.2) is 0 Å². The monoisotopic (exact) mass is 489 g/mol. The van der Waals surface area contributed by atoms with Gasteiger partial charge >= 0.3 is 0 Å². The lowest BCUT2D eigenvalue weighted by atomic mass is 9.84. The number of rotatable bonds is 6. The van der Waals surface area contributed by atoms with E-state index in [-0.39, 0.29) is 11.4 Å². The zero-order valence-electron chi connectivity index (χ0n) is 23.8. The molecule has 3 saturated heterocycles. The van der Waals surface area contributed by atoms with Crippen molar-refractivity contribution in [2.75, 3.05) is 51.8 Å². The first-order chi connectivity index (χ1) is 17.0. The smallest absolute Gasteiger partial charge is 0.140 e. The minimum Gasteiger partial charge on any atom is -0.364 e. The Bertz CT molecular complexity index is 651. The van der Waals surface area contributed by atoms with Crippen LogP contribution in [0.4, 0.5) is 5.69 Å². The van der Waals surface area contributed by atoms with E-state index in [0.29, 0.717) is 5.92 Å². The molecule has 0 bridgehead atoms. The number of nitrogens with zero attached hydrogens (tertiary/aromatic N) is 2. The molecule has 4 rings (SSSR count). The normalized spacial score (nSPS) is 29.4. The van der Waals surface area contributed by atoms with Crippen LogP contribution < -0.4 is 10.2 Å². The SMILES string of the molecule is C1CCNCC1.CCC1CCCN(c2ccccc2)C1(C)OC.CCN1CCCCC1(CC)OC. The maximum Gasteiger partial charge on any atom is 0.140 e. The maximum absolute atomic E-state index is 5.88. The van der Waals surface area contributed by atoms with Gasteiger partial charge in [0.1, 0.15) is 11.4 Å². The van der Waals surface area contributed by atoms with E-state index in [1.165, 1.54) is 83.1 Å². The van der Waals surface area contributed by atoms with Crippen molar-refractivity contribution in [2.45, 2.75) is 103 Å². The van der Waals surface area contributed by atoms with E-state index in [1.54, 1.807) is 0 Å². The number of likely N-dealkylation sites (tertiary alicyclic amines) is 1. The van der Waals surface area contributed by atoms with Gasteiger partial charge in [-0.3, -0.25) is 4.90 Å². The van der Waals surface area contributed by atoms with Crippen molar-refractivity contribution < 1.29 is 9.47 Å². The van der Waals surface area contributed by atoms with Crippen molar-refractivity contribution in [3.8, 4) is 0 Å². The maximum atomic E-state index is 5.88. The van der Waals surface area contributed by atoms with E-state index < -0.39 is 0 Å². The van der Waals surface area contributed by atoms with Crippen LogP contribution in [0, 0.1) is 5.92 Å². The van der Waals surface area contributed by atoms with Crippen LogP contribution in [0.5, 0.6) is 0 Å². The summed E-state index contributed by atoms with van der Waals surface area (Å²) < 4.78 is 11.5. The van der Waals surface area contributed by atoms with Crippen LogP contribution in [-0.2, 0) is 9.47 Å². The molecular formula is C30H55N3O2. The van der Waals surface area contributed by atoms with Gasteiger partial charge in [-0.05, 0) is 96.5 Å². The van der Waals surface area contributed by atoms with Gasteiger partial charge in [0.15, 0.2) is 0 Å². The van der Waals surface area contributed by atoms with E-state index in [0.717, 1.165) is 19.5 Å². The third-order valence-corrected chi connectivity index (χ3v) is 8.54. The van der Waals surface area contributed by atoms with Crippen molar-refractivity contribution in [3.05, 3.63) is 30.3 Å².